The summed E-state index contributed by atoms with van der Waals surface area (Å²) in [6, 6.07) is 7.30. The van der Waals surface area contributed by atoms with Crippen molar-refractivity contribution in [3.63, 3.8) is 0 Å². The molecule has 2 heterocycles. The lowest BCUT2D eigenvalue weighted by Crippen LogP contribution is -2.38. The van der Waals surface area contributed by atoms with Crippen LogP contribution in [0.15, 0.2) is 34.9 Å². The van der Waals surface area contributed by atoms with Gasteiger partial charge in [0.25, 0.3) is 11.8 Å². The number of aromatic nitrogens is 1. The number of oxazole rings is 1. The van der Waals surface area contributed by atoms with Gasteiger partial charge in [-0.3, -0.25) is 14.5 Å². The summed E-state index contributed by atoms with van der Waals surface area (Å²) >= 11 is 0. The van der Waals surface area contributed by atoms with Crippen LogP contribution in [-0.4, -0.2) is 29.4 Å². The highest BCUT2D eigenvalue weighted by Crippen LogP contribution is 2.32. The highest BCUT2D eigenvalue weighted by Gasteiger charge is 2.27. The van der Waals surface area contributed by atoms with Gasteiger partial charge in [-0.2, -0.15) is 0 Å². The topological polar surface area (TPSA) is 84.7 Å². The summed E-state index contributed by atoms with van der Waals surface area (Å²) in [6.45, 7) is 6.11. The molecular weight excluding hydrogens is 322 g/mol. The molecule has 0 bridgehead atoms. The monoisotopic (exact) mass is 343 g/mol. The Morgan fingerprint density at radius 2 is 2.08 bits per heavy atom. The van der Waals surface area contributed by atoms with Crippen molar-refractivity contribution in [2.45, 2.75) is 33.4 Å². The second kappa shape index (κ2) is 6.96. The minimum absolute atomic E-state index is 0.0281. The SMILES string of the molecule is CC(C)[C@H](C)NC(=O)c1coc(CN2C(=O)COc3ccccc32)n1. The Bertz CT molecular complexity index is 784. The van der Waals surface area contributed by atoms with Gasteiger partial charge in [0.15, 0.2) is 12.3 Å². The maximum atomic E-state index is 12.2. The highest BCUT2D eigenvalue weighted by molar-refractivity contribution is 5.97. The standard InChI is InChI=1S/C18H21N3O4/c1-11(2)12(3)19-18(23)13-9-25-16(20-13)8-21-14-6-4-5-7-15(14)24-10-17(21)22/h4-7,9,11-12H,8,10H2,1-3H3,(H,19,23)/t12-/m0/s1. The number of anilines is 1. The second-order valence-corrected chi connectivity index (χ2v) is 6.37. The van der Waals surface area contributed by atoms with Gasteiger partial charge < -0.3 is 14.5 Å². The van der Waals surface area contributed by atoms with Crippen LogP contribution in [0, 0.1) is 5.92 Å². The third-order valence-electron chi connectivity index (χ3n) is 4.24. The Hall–Kier alpha value is -2.83. The van der Waals surface area contributed by atoms with Crippen LogP contribution in [0.2, 0.25) is 0 Å². The summed E-state index contributed by atoms with van der Waals surface area (Å²) in [7, 11) is 0. The molecule has 1 N–H and O–H groups in total. The van der Waals surface area contributed by atoms with Crippen LogP contribution >= 0.6 is 0 Å². The Labute approximate surface area is 146 Å². The minimum atomic E-state index is -0.287. The van der Waals surface area contributed by atoms with E-state index in [4.69, 9.17) is 9.15 Å². The minimum Gasteiger partial charge on any atom is -0.482 e. The van der Waals surface area contributed by atoms with Crippen molar-refractivity contribution >= 4 is 17.5 Å². The number of amides is 2. The molecule has 0 fully saturated rings. The van der Waals surface area contributed by atoms with Crippen molar-refractivity contribution in [2.75, 3.05) is 11.5 Å². The van der Waals surface area contributed by atoms with E-state index in [2.05, 4.69) is 10.3 Å². The van der Waals surface area contributed by atoms with Crippen LogP contribution in [0.25, 0.3) is 0 Å². The summed E-state index contributed by atoms with van der Waals surface area (Å²) in [4.78, 5) is 30.1. The molecule has 2 amide bonds. The number of hydrogen-bond donors (Lipinski definition) is 1. The average Bonchev–Trinajstić information content (AvgIpc) is 3.06. The maximum absolute atomic E-state index is 12.2. The normalized spacial score (nSPS) is 14.9. The molecule has 0 saturated carbocycles. The first-order valence-corrected chi connectivity index (χ1v) is 8.23. The van der Waals surface area contributed by atoms with Gasteiger partial charge in [0.2, 0.25) is 5.89 Å². The number of benzene rings is 1. The highest BCUT2D eigenvalue weighted by atomic mass is 16.5. The summed E-state index contributed by atoms with van der Waals surface area (Å²) < 4.78 is 10.8. The molecule has 2 aromatic rings. The second-order valence-electron chi connectivity index (χ2n) is 6.37. The van der Waals surface area contributed by atoms with Crippen molar-refractivity contribution in [1.82, 2.24) is 10.3 Å². The number of nitrogens with one attached hydrogen (secondary N) is 1. The summed E-state index contributed by atoms with van der Waals surface area (Å²) in [5.41, 5.74) is 0.868. The zero-order valence-corrected chi connectivity index (χ0v) is 14.5. The van der Waals surface area contributed by atoms with Crippen molar-refractivity contribution in [1.29, 1.82) is 0 Å². The largest absolute Gasteiger partial charge is 0.482 e. The predicted molar refractivity (Wildman–Crippen MR) is 91.4 cm³/mol. The molecule has 1 aromatic heterocycles. The van der Waals surface area contributed by atoms with Crippen LogP contribution in [0.5, 0.6) is 5.75 Å². The van der Waals surface area contributed by atoms with E-state index in [9.17, 15) is 9.59 Å². The van der Waals surface area contributed by atoms with E-state index >= 15 is 0 Å². The number of ether oxygens (including phenoxy) is 1. The number of nitrogens with zero attached hydrogens (tertiary/aromatic N) is 2. The lowest BCUT2D eigenvalue weighted by atomic mass is 10.1. The smallest absolute Gasteiger partial charge is 0.273 e. The van der Waals surface area contributed by atoms with Crippen LogP contribution < -0.4 is 15.0 Å². The van der Waals surface area contributed by atoms with Crippen molar-refractivity contribution < 1.29 is 18.7 Å². The molecule has 0 radical (unpaired) electrons. The van der Waals surface area contributed by atoms with E-state index < -0.39 is 0 Å². The number of rotatable bonds is 5. The number of para-hydroxylation sites is 2. The molecule has 7 nitrogen and oxygen atoms in total. The molecule has 1 aliphatic heterocycles. The van der Waals surface area contributed by atoms with Crippen LogP contribution in [-0.2, 0) is 11.3 Å². The molecule has 3 rings (SSSR count). The van der Waals surface area contributed by atoms with Gasteiger partial charge in [-0.15, -0.1) is 0 Å². The fraction of sp³-hybridized carbons (Fsp3) is 0.389. The molecule has 0 unspecified atom stereocenters. The van der Waals surface area contributed by atoms with Crippen LogP contribution in [0.3, 0.4) is 0 Å². The van der Waals surface area contributed by atoms with E-state index in [-0.39, 0.29) is 36.7 Å². The quantitative estimate of drug-likeness (QED) is 0.901. The lowest BCUT2D eigenvalue weighted by molar-refractivity contribution is -0.121. The van der Waals surface area contributed by atoms with Gasteiger partial charge in [-0.05, 0) is 25.0 Å². The van der Waals surface area contributed by atoms with Crippen LogP contribution in [0.4, 0.5) is 5.69 Å². The van der Waals surface area contributed by atoms with Crippen molar-refractivity contribution in [2.24, 2.45) is 5.92 Å². The van der Waals surface area contributed by atoms with E-state index in [1.54, 1.807) is 17.0 Å². The summed E-state index contributed by atoms with van der Waals surface area (Å²) in [6.07, 6.45) is 1.31. The predicted octanol–water partition coefficient (Wildman–Crippen LogP) is 2.37. The zero-order chi connectivity index (χ0) is 18.0. The Balaban J connectivity index is 1.73. The molecule has 0 spiro atoms. The molecule has 0 aliphatic carbocycles. The fourth-order valence-corrected chi connectivity index (χ4v) is 2.40. The maximum Gasteiger partial charge on any atom is 0.273 e. The van der Waals surface area contributed by atoms with E-state index in [0.717, 1.165) is 0 Å². The number of carbonyl (C=O) groups excluding carboxylic acids is 2. The first kappa shape index (κ1) is 17.0. The first-order valence-electron chi connectivity index (χ1n) is 8.23. The van der Waals surface area contributed by atoms with Gasteiger partial charge in [-0.1, -0.05) is 26.0 Å². The summed E-state index contributed by atoms with van der Waals surface area (Å²) in [5.74, 6) is 0.781. The Kier molecular flexibility index (Phi) is 4.74. The fourth-order valence-electron chi connectivity index (χ4n) is 2.40. The van der Waals surface area contributed by atoms with E-state index in [1.165, 1.54) is 6.26 Å². The van der Waals surface area contributed by atoms with E-state index in [0.29, 0.717) is 23.2 Å². The van der Waals surface area contributed by atoms with E-state index in [1.807, 2.05) is 32.9 Å². The molecule has 1 aromatic carbocycles. The Morgan fingerprint density at radius 1 is 1.32 bits per heavy atom. The van der Waals surface area contributed by atoms with Gasteiger partial charge in [0, 0.05) is 6.04 Å². The number of fused-ring (bicyclic) bond motifs is 1. The molecule has 1 atom stereocenters. The average molecular weight is 343 g/mol. The Morgan fingerprint density at radius 3 is 2.84 bits per heavy atom. The number of hydrogen-bond acceptors (Lipinski definition) is 5. The third kappa shape index (κ3) is 3.65. The molecule has 7 heteroatoms. The van der Waals surface area contributed by atoms with Crippen molar-refractivity contribution in [3.8, 4) is 5.75 Å². The van der Waals surface area contributed by atoms with Crippen LogP contribution in [0.1, 0.15) is 37.2 Å². The van der Waals surface area contributed by atoms with Gasteiger partial charge in [-0.25, -0.2) is 4.98 Å². The van der Waals surface area contributed by atoms with Gasteiger partial charge in [0.05, 0.1) is 5.69 Å². The first-order chi connectivity index (χ1) is 12.0. The molecule has 25 heavy (non-hydrogen) atoms. The van der Waals surface area contributed by atoms with Crippen molar-refractivity contribution in [3.05, 3.63) is 42.1 Å². The number of carbonyl (C=O) groups is 2. The van der Waals surface area contributed by atoms with Gasteiger partial charge >= 0.3 is 0 Å². The third-order valence-corrected chi connectivity index (χ3v) is 4.24. The molecule has 132 valence electrons. The molecule has 1 aliphatic rings. The molecular formula is C18H21N3O4. The zero-order valence-electron chi connectivity index (χ0n) is 14.5. The van der Waals surface area contributed by atoms with Gasteiger partial charge in [0.1, 0.15) is 18.6 Å². The summed E-state index contributed by atoms with van der Waals surface area (Å²) in [5, 5.41) is 2.88. The lowest BCUT2D eigenvalue weighted by Gasteiger charge is -2.28. The molecule has 0 saturated heterocycles.